The number of halogens is 2. The van der Waals surface area contributed by atoms with Gasteiger partial charge in [0.1, 0.15) is 12.7 Å². The number of hydrogen-bond donors (Lipinski definition) is 2. The lowest BCUT2D eigenvalue weighted by atomic mass is 10.2. The molecular weight excluding hydrogens is 343 g/mol. The number of hydrogen-bond acceptors (Lipinski definition) is 5. The molecule has 0 aliphatic carbocycles. The van der Waals surface area contributed by atoms with Crippen LogP contribution in [-0.2, 0) is 14.3 Å². The Morgan fingerprint density at radius 3 is 2.87 bits per heavy atom. The molecule has 1 saturated heterocycles. The Bertz CT molecular complexity index is 516. The molecule has 8 heteroatoms. The van der Waals surface area contributed by atoms with Gasteiger partial charge in [-0.1, -0.05) is 17.7 Å². The van der Waals surface area contributed by atoms with E-state index in [1.54, 1.807) is 25.3 Å². The summed E-state index contributed by atoms with van der Waals surface area (Å²) < 4.78 is 16.1. The minimum Gasteiger partial charge on any atom is -0.487 e. The average molecular weight is 365 g/mol. The number of para-hydroxylation sites is 1. The van der Waals surface area contributed by atoms with E-state index in [9.17, 15) is 4.79 Å². The van der Waals surface area contributed by atoms with Gasteiger partial charge < -0.3 is 25.3 Å². The van der Waals surface area contributed by atoms with E-state index in [1.807, 2.05) is 0 Å². The van der Waals surface area contributed by atoms with Crippen molar-refractivity contribution in [2.24, 2.45) is 5.73 Å². The molecule has 0 aromatic heterocycles. The molecule has 1 amide bonds. The van der Waals surface area contributed by atoms with Crippen LogP contribution in [-0.4, -0.2) is 45.0 Å². The largest absolute Gasteiger partial charge is 0.487 e. The lowest BCUT2D eigenvalue weighted by molar-refractivity contribution is -0.126. The van der Waals surface area contributed by atoms with E-state index in [1.165, 1.54) is 0 Å². The summed E-state index contributed by atoms with van der Waals surface area (Å²) in [4.78, 5) is 12.3. The van der Waals surface area contributed by atoms with Crippen LogP contribution >= 0.6 is 24.0 Å². The molecule has 1 aromatic rings. The van der Waals surface area contributed by atoms with Gasteiger partial charge in [-0.05, 0) is 25.0 Å². The number of rotatable bonds is 7. The number of benzene rings is 1. The summed E-state index contributed by atoms with van der Waals surface area (Å²) in [5.74, 6) is 0.220. The van der Waals surface area contributed by atoms with E-state index in [4.69, 9.17) is 31.5 Å². The number of ether oxygens (including phenoxy) is 3. The minimum atomic E-state index is -0.487. The van der Waals surface area contributed by atoms with Crippen molar-refractivity contribution in [3.63, 3.8) is 0 Å². The Balaban J connectivity index is 0.00000264. The molecule has 0 bridgehead atoms. The van der Waals surface area contributed by atoms with Crippen LogP contribution in [0.15, 0.2) is 18.2 Å². The number of nitrogens with one attached hydrogen (secondary N) is 1. The lowest BCUT2D eigenvalue weighted by Gasteiger charge is -2.16. The number of anilines is 1. The summed E-state index contributed by atoms with van der Waals surface area (Å²) in [6, 6.07) is 5.19. The molecule has 1 aromatic carbocycles. The summed E-state index contributed by atoms with van der Waals surface area (Å²) >= 11 is 6.13. The third-order valence-corrected chi connectivity index (χ3v) is 3.72. The van der Waals surface area contributed by atoms with Crippen LogP contribution in [0.4, 0.5) is 5.69 Å². The molecule has 6 nitrogen and oxygen atoms in total. The number of carbonyl (C=O) groups is 1. The highest BCUT2D eigenvalue weighted by molar-refractivity contribution is 6.32. The third-order valence-electron chi connectivity index (χ3n) is 3.42. The zero-order valence-corrected chi connectivity index (χ0v) is 14.5. The fourth-order valence-electron chi connectivity index (χ4n) is 2.27. The SMILES string of the molecule is COCCOc1c(Cl)cccc1NC(=O)[C@@H]1CC[C@H](CN)O1.Cl. The van der Waals surface area contributed by atoms with Crippen molar-refractivity contribution in [1.82, 2.24) is 0 Å². The van der Waals surface area contributed by atoms with Crippen molar-refractivity contribution in [1.29, 1.82) is 0 Å². The number of methoxy groups -OCH3 is 1. The van der Waals surface area contributed by atoms with Crippen LogP contribution in [0.1, 0.15) is 12.8 Å². The van der Waals surface area contributed by atoms with E-state index in [2.05, 4.69) is 5.32 Å². The van der Waals surface area contributed by atoms with Gasteiger partial charge in [0, 0.05) is 13.7 Å². The fraction of sp³-hybridized carbons (Fsp3) is 0.533. The molecule has 1 fully saturated rings. The first-order valence-corrected chi connectivity index (χ1v) is 7.60. The Labute approximate surface area is 147 Å². The number of amides is 1. The van der Waals surface area contributed by atoms with Gasteiger partial charge in [-0.25, -0.2) is 0 Å². The van der Waals surface area contributed by atoms with E-state index < -0.39 is 6.10 Å². The minimum absolute atomic E-state index is 0. The van der Waals surface area contributed by atoms with Gasteiger partial charge in [-0.3, -0.25) is 4.79 Å². The van der Waals surface area contributed by atoms with Crippen molar-refractivity contribution < 1.29 is 19.0 Å². The van der Waals surface area contributed by atoms with Crippen molar-refractivity contribution in [2.75, 3.05) is 32.2 Å². The predicted molar refractivity (Wildman–Crippen MR) is 91.7 cm³/mol. The number of nitrogens with two attached hydrogens (primary N) is 1. The van der Waals surface area contributed by atoms with E-state index in [0.717, 1.165) is 6.42 Å². The van der Waals surface area contributed by atoms with Crippen molar-refractivity contribution in [2.45, 2.75) is 25.0 Å². The highest BCUT2D eigenvalue weighted by Crippen LogP contribution is 2.33. The topological polar surface area (TPSA) is 82.8 Å². The first-order valence-electron chi connectivity index (χ1n) is 7.22. The zero-order chi connectivity index (χ0) is 15.9. The van der Waals surface area contributed by atoms with Crippen LogP contribution in [0.25, 0.3) is 0 Å². The normalized spacial score (nSPS) is 20.0. The van der Waals surface area contributed by atoms with Gasteiger partial charge in [0.25, 0.3) is 5.91 Å². The van der Waals surface area contributed by atoms with Crippen LogP contribution < -0.4 is 15.8 Å². The monoisotopic (exact) mass is 364 g/mol. The molecule has 1 heterocycles. The maximum atomic E-state index is 12.3. The molecule has 3 N–H and O–H groups in total. The molecule has 1 aliphatic rings. The van der Waals surface area contributed by atoms with Gasteiger partial charge in [0.15, 0.2) is 5.75 Å². The molecule has 23 heavy (non-hydrogen) atoms. The predicted octanol–water partition coefficient (Wildman–Crippen LogP) is 2.23. The Hall–Kier alpha value is -1.05. The van der Waals surface area contributed by atoms with Crippen molar-refractivity contribution in [3.05, 3.63) is 23.2 Å². The van der Waals surface area contributed by atoms with E-state index in [-0.39, 0.29) is 24.4 Å². The molecule has 0 radical (unpaired) electrons. The summed E-state index contributed by atoms with van der Waals surface area (Å²) in [5, 5.41) is 3.24. The lowest BCUT2D eigenvalue weighted by Crippen LogP contribution is -2.30. The maximum absolute atomic E-state index is 12.3. The van der Waals surface area contributed by atoms with Gasteiger partial charge in [0.2, 0.25) is 0 Å². The van der Waals surface area contributed by atoms with E-state index >= 15 is 0 Å². The van der Waals surface area contributed by atoms with Crippen LogP contribution in [0, 0.1) is 0 Å². The van der Waals surface area contributed by atoms with Crippen LogP contribution in [0.3, 0.4) is 0 Å². The molecule has 0 unspecified atom stereocenters. The van der Waals surface area contributed by atoms with E-state index in [0.29, 0.717) is 42.6 Å². The second kappa shape index (κ2) is 9.95. The Kier molecular flexibility index (Phi) is 8.65. The molecule has 0 saturated carbocycles. The molecule has 2 rings (SSSR count). The Morgan fingerprint density at radius 2 is 2.22 bits per heavy atom. The van der Waals surface area contributed by atoms with Gasteiger partial charge in [-0.2, -0.15) is 0 Å². The van der Waals surface area contributed by atoms with Crippen LogP contribution in [0.2, 0.25) is 5.02 Å². The summed E-state index contributed by atoms with van der Waals surface area (Å²) in [5.41, 5.74) is 6.08. The second-order valence-corrected chi connectivity index (χ2v) is 5.41. The molecule has 0 spiro atoms. The van der Waals surface area contributed by atoms with Gasteiger partial charge in [-0.15, -0.1) is 12.4 Å². The first-order chi connectivity index (χ1) is 10.7. The van der Waals surface area contributed by atoms with Crippen LogP contribution in [0.5, 0.6) is 5.75 Å². The Morgan fingerprint density at radius 1 is 1.43 bits per heavy atom. The standard InChI is InChI=1S/C15H21ClN2O4.ClH/c1-20-7-8-21-14-11(16)3-2-4-12(14)18-15(19)13-6-5-10(9-17)22-13;/h2-4,10,13H,5-9,17H2,1H3,(H,18,19);1H/t10-,13+;/m1./s1. The smallest absolute Gasteiger partial charge is 0.253 e. The maximum Gasteiger partial charge on any atom is 0.253 e. The van der Waals surface area contributed by atoms with Crippen molar-refractivity contribution >= 4 is 35.6 Å². The van der Waals surface area contributed by atoms with Gasteiger partial charge >= 0.3 is 0 Å². The van der Waals surface area contributed by atoms with Gasteiger partial charge in [0.05, 0.1) is 23.4 Å². The summed E-state index contributed by atoms with van der Waals surface area (Å²) in [7, 11) is 1.59. The second-order valence-electron chi connectivity index (χ2n) is 5.01. The summed E-state index contributed by atoms with van der Waals surface area (Å²) in [6.45, 7) is 1.20. The molecule has 2 atom stereocenters. The highest BCUT2D eigenvalue weighted by atomic mass is 35.5. The zero-order valence-electron chi connectivity index (χ0n) is 12.9. The van der Waals surface area contributed by atoms with Crippen molar-refractivity contribution in [3.8, 4) is 5.75 Å². The highest BCUT2D eigenvalue weighted by Gasteiger charge is 2.30. The average Bonchev–Trinajstić information content (AvgIpc) is 2.99. The summed E-state index contributed by atoms with van der Waals surface area (Å²) in [6.07, 6.45) is 0.919. The third kappa shape index (κ3) is 5.51. The first kappa shape index (κ1) is 20.0. The molecule has 130 valence electrons. The quantitative estimate of drug-likeness (QED) is 0.724. The number of carbonyl (C=O) groups excluding carboxylic acids is 1. The molecular formula is C15H22Cl2N2O4. The fourth-order valence-corrected chi connectivity index (χ4v) is 2.50. The molecule has 1 aliphatic heterocycles.